The van der Waals surface area contributed by atoms with Crippen molar-refractivity contribution in [3.8, 4) is 0 Å². The zero-order valence-electron chi connectivity index (χ0n) is 7.28. The van der Waals surface area contributed by atoms with Crippen molar-refractivity contribution in [1.82, 2.24) is 9.97 Å². The zero-order valence-corrected chi connectivity index (χ0v) is 7.28. The second kappa shape index (κ2) is 3.45. The van der Waals surface area contributed by atoms with E-state index in [1.807, 2.05) is 6.92 Å². The second-order valence-corrected chi connectivity index (χ2v) is 2.78. The van der Waals surface area contributed by atoms with Crippen molar-refractivity contribution in [2.45, 2.75) is 20.0 Å². The van der Waals surface area contributed by atoms with Crippen LogP contribution >= 0.6 is 0 Å². The second-order valence-electron chi connectivity index (χ2n) is 2.78. The van der Waals surface area contributed by atoms with Crippen LogP contribution in [0.1, 0.15) is 31.3 Å². The summed E-state index contributed by atoms with van der Waals surface area (Å²) >= 11 is 0. The summed E-state index contributed by atoms with van der Waals surface area (Å²) in [6.45, 7) is 7.26. The average molecular weight is 164 g/mol. The van der Waals surface area contributed by atoms with Gasteiger partial charge in [-0.2, -0.15) is 0 Å². The van der Waals surface area contributed by atoms with Crippen molar-refractivity contribution in [3.63, 3.8) is 0 Å². The maximum absolute atomic E-state index is 9.13. The molecule has 3 nitrogen and oxygen atoms in total. The van der Waals surface area contributed by atoms with E-state index in [0.29, 0.717) is 5.69 Å². The Hall–Kier alpha value is -1.22. The van der Waals surface area contributed by atoms with Gasteiger partial charge in [0.25, 0.3) is 0 Å². The molecule has 1 heterocycles. The van der Waals surface area contributed by atoms with Gasteiger partial charge in [0.2, 0.25) is 0 Å². The van der Waals surface area contributed by atoms with Gasteiger partial charge < -0.3 is 5.11 Å². The van der Waals surface area contributed by atoms with Crippen LogP contribution in [0.3, 0.4) is 0 Å². The molecule has 1 atom stereocenters. The molecule has 0 radical (unpaired) electrons. The number of rotatable bonds is 2. The van der Waals surface area contributed by atoms with Gasteiger partial charge in [0.15, 0.2) is 0 Å². The molecule has 12 heavy (non-hydrogen) atoms. The Morgan fingerprint density at radius 3 is 2.50 bits per heavy atom. The van der Waals surface area contributed by atoms with E-state index in [9.17, 15) is 0 Å². The number of hydrogen-bond donors (Lipinski definition) is 1. The molecule has 0 amide bonds. The van der Waals surface area contributed by atoms with Gasteiger partial charge in [-0.1, -0.05) is 6.58 Å². The quantitative estimate of drug-likeness (QED) is 0.721. The van der Waals surface area contributed by atoms with Crippen LogP contribution < -0.4 is 0 Å². The van der Waals surface area contributed by atoms with Gasteiger partial charge in [-0.3, -0.25) is 9.97 Å². The van der Waals surface area contributed by atoms with Gasteiger partial charge in [0.1, 0.15) is 0 Å². The lowest BCUT2D eigenvalue weighted by Gasteiger charge is -2.03. The molecular weight excluding hydrogens is 152 g/mol. The third-order valence-corrected chi connectivity index (χ3v) is 1.54. The summed E-state index contributed by atoms with van der Waals surface area (Å²) in [5.41, 5.74) is 2.22. The third-order valence-electron chi connectivity index (χ3n) is 1.54. The van der Waals surface area contributed by atoms with Crippen LogP contribution in [0.15, 0.2) is 19.0 Å². The smallest absolute Gasteiger partial charge is 0.0947 e. The van der Waals surface area contributed by atoms with Crippen molar-refractivity contribution in [3.05, 3.63) is 30.4 Å². The van der Waals surface area contributed by atoms with E-state index >= 15 is 0 Å². The highest BCUT2D eigenvalue weighted by Crippen LogP contribution is 2.10. The minimum absolute atomic E-state index is 0.559. The predicted molar refractivity (Wildman–Crippen MR) is 47.4 cm³/mol. The normalized spacial score (nSPS) is 12.6. The molecule has 0 aliphatic heterocycles. The fourth-order valence-corrected chi connectivity index (χ4v) is 0.774. The average Bonchev–Trinajstić information content (AvgIpc) is 2.04. The first-order valence-electron chi connectivity index (χ1n) is 3.77. The number of aliphatic hydroxyl groups excluding tert-OH is 1. The van der Waals surface area contributed by atoms with Crippen LogP contribution in [-0.4, -0.2) is 15.1 Å². The zero-order chi connectivity index (χ0) is 9.14. The Bertz CT molecular complexity index is 277. The van der Waals surface area contributed by atoms with Gasteiger partial charge in [-0.15, -0.1) is 0 Å². The van der Waals surface area contributed by atoms with Crippen LogP contribution in [0.25, 0.3) is 5.57 Å². The summed E-state index contributed by atoms with van der Waals surface area (Å²) in [6, 6.07) is 0. The van der Waals surface area contributed by atoms with E-state index in [1.165, 1.54) is 0 Å². The molecule has 0 aliphatic carbocycles. The molecule has 0 bridgehead atoms. The molecule has 1 N–H and O–H groups in total. The first-order chi connectivity index (χ1) is 5.61. The summed E-state index contributed by atoms with van der Waals surface area (Å²) in [5, 5.41) is 9.13. The van der Waals surface area contributed by atoms with Gasteiger partial charge in [0, 0.05) is 0 Å². The summed E-state index contributed by atoms with van der Waals surface area (Å²) in [5.74, 6) is 0. The molecule has 0 aliphatic rings. The van der Waals surface area contributed by atoms with Crippen molar-refractivity contribution >= 4 is 5.57 Å². The fourth-order valence-electron chi connectivity index (χ4n) is 0.774. The van der Waals surface area contributed by atoms with Crippen LogP contribution in [0.4, 0.5) is 0 Å². The number of aliphatic hydroxyl groups is 1. The molecule has 0 spiro atoms. The summed E-state index contributed by atoms with van der Waals surface area (Å²) in [7, 11) is 0. The molecule has 1 aromatic heterocycles. The van der Waals surface area contributed by atoms with E-state index in [2.05, 4.69) is 16.5 Å². The molecule has 3 heteroatoms. The van der Waals surface area contributed by atoms with Crippen molar-refractivity contribution in [2.24, 2.45) is 0 Å². The molecule has 0 saturated heterocycles. The van der Waals surface area contributed by atoms with Crippen LogP contribution in [0.5, 0.6) is 0 Å². The molecule has 0 saturated carbocycles. The van der Waals surface area contributed by atoms with Crippen molar-refractivity contribution in [2.75, 3.05) is 0 Å². The van der Waals surface area contributed by atoms with E-state index in [0.717, 1.165) is 11.3 Å². The van der Waals surface area contributed by atoms with Gasteiger partial charge >= 0.3 is 0 Å². The monoisotopic (exact) mass is 164 g/mol. The first kappa shape index (κ1) is 8.87. The highest BCUT2D eigenvalue weighted by atomic mass is 16.3. The highest BCUT2D eigenvalue weighted by Gasteiger charge is 2.02. The lowest BCUT2D eigenvalue weighted by molar-refractivity contribution is 0.194. The van der Waals surface area contributed by atoms with Crippen molar-refractivity contribution in [1.29, 1.82) is 0 Å². The Kier molecular flexibility index (Phi) is 2.55. The predicted octanol–water partition coefficient (Wildman–Crippen LogP) is 1.56. The topological polar surface area (TPSA) is 46.0 Å². The number of hydrogen-bond acceptors (Lipinski definition) is 3. The van der Waals surface area contributed by atoms with Gasteiger partial charge in [-0.25, -0.2) is 0 Å². The van der Waals surface area contributed by atoms with Crippen LogP contribution in [0.2, 0.25) is 0 Å². The number of aromatic nitrogens is 2. The molecule has 64 valence electrons. The molecule has 0 aromatic carbocycles. The Morgan fingerprint density at radius 1 is 1.50 bits per heavy atom. The SMILES string of the molecule is C=C(C)c1cnc(C(C)O)cn1. The van der Waals surface area contributed by atoms with E-state index in [1.54, 1.807) is 19.3 Å². The van der Waals surface area contributed by atoms with Crippen molar-refractivity contribution < 1.29 is 5.11 Å². The first-order valence-corrected chi connectivity index (χ1v) is 3.77. The third kappa shape index (κ3) is 1.89. The summed E-state index contributed by atoms with van der Waals surface area (Å²) < 4.78 is 0. The lowest BCUT2D eigenvalue weighted by atomic mass is 10.2. The Balaban J connectivity index is 2.93. The maximum atomic E-state index is 9.13. The minimum atomic E-state index is -0.559. The molecule has 1 unspecified atom stereocenters. The largest absolute Gasteiger partial charge is 0.387 e. The van der Waals surface area contributed by atoms with Gasteiger partial charge in [-0.05, 0) is 19.4 Å². The number of allylic oxidation sites excluding steroid dienone is 1. The lowest BCUT2D eigenvalue weighted by Crippen LogP contribution is -1.97. The molecule has 1 rings (SSSR count). The molecule has 1 aromatic rings. The fraction of sp³-hybridized carbons (Fsp3) is 0.333. The summed E-state index contributed by atoms with van der Waals surface area (Å²) in [4.78, 5) is 8.10. The highest BCUT2D eigenvalue weighted by molar-refractivity contribution is 5.56. The van der Waals surface area contributed by atoms with Gasteiger partial charge in [0.05, 0.1) is 29.9 Å². The molecular formula is C9H12N2O. The summed E-state index contributed by atoms with van der Waals surface area (Å²) in [6.07, 6.45) is 2.62. The maximum Gasteiger partial charge on any atom is 0.0947 e. The minimum Gasteiger partial charge on any atom is -0.387 e. The molecule has 0 fully saturated rings. The van der Waals surface area contributed by atoms with E-state index in [-0.39, 0.29) is 0 Å². The Morgan fingerprint density at radius 2 is 2.17 bits per heavy atom. The Labute approximate surface area is 71.8 Å². The van der Waals surface area contributed by atoms with Crippen LogP contribution in [0, 0.1) is 0 Å². The van der Waals surface area contributed by atoms with E-state index < -0.39 is 6.10 Å². The standard InChI is InChI=1S/C9H12N2O/c1-6(2)8-4-11-9(5-10-8)7(3)12/h4-5,7,12H,1H2,2-3H3. The number of nitrogens with zero attached hydrogens (tertiary/aromatic N) is 2. The van der Waals surface area contributed by atoms with Crippen LogP contribution in [-0.2, 0) is 0 Å². The van der Waals surface area contributed by atoms with E-state index in [4.69, 9.17) is 5.11 Å².